The van der Waals surface area contributed by atoms with Gasteiger partial charge >= 0.3 is 0 Å². The van der Waals surface area contributed by atoms with Crippen molar-refractivity contribution in [3.8, 4) is 33.4 Å². The van der Waals surface area contributed by atoms with Crippen molar-refractivity contribution in [2.75, 3.05) is 4.90 Å². The Labute approximate surface area is 297 Å². The molecule has 1 aliphatic rings. The van der Waals surface area contributed by atoms with E-state index in [9.17, 15) is 0 Å². The number of rotatable bonds is 5. The van der Waals surface area contributed by atoms with E-state index in [1.807, 2.05) is 0 Å². The summed E-state index contributed by atoms with van der Waals surface area (Å²) in [5, 5.41) is 4.50. The van der Waals surface area contributed by atoms with E-state index in [4.69, 9.17) is 4.42 Å². The van der Waals surface area contributed by atoms with Crippen molar-refractivity contribution < 1.29 is 4.42 Å². The molecule has 0 N–H and O–H groups in total. The van der Waals surface area contributed by atoms with Crippen molar-refractivity contribution in [2.24, 2.45) is 0 Å². The van der Waals surface area contributed by atoms with Gasteiger partial charge in [0, 0.05) is 32.9 Å². The quantitative estimate of drug-likeness (QED) is 0.184. The van der Waals surface area contributed by atoms with E-state index in [0.29, 0.717) is 0 Å². The van der Waals surface area contributed by atoms with Gasteiger partial charge in [0.2, 0.25) is 0 Å². The van der Waals surface area contributed by atoms with Crippen LogP contribution in [0.3, 0.4) is 0 Å². The van der Waals surface area contributed by atoms with Crippen LogP contribution in [0.5, 0.6) is 0 Å². The van der Waals surface area contributed by atoms with Gasteiger partial charge in [0.15, 0.2) is 0 Å². The smallest absolute Gasteiger partial charge is 0.145 e. The minimum absolute atomic E-state index is 0.129. The number of hydrogen-bond donors (Lipinski definition) is 0. The van der Waals surface area contributed by atoms with Crippen LogP contribution in [0.2, 0.25) is 0 Å². The van der Waals surface area contributed by atoms with Crippen LogP contribution in [-0.4, -0.2) is 0 Å². The van der Waals surface area contributed by atoms with Gasteiger partial charge in [0.25, 0.3) is 0 Å². The van der Waals surface area contributed by atoms with Crippen molar-refractivity contribution in [3.05, 3.63) is 187 Å². The molecule has 8 aromatic carbocycles. The summed E-state index contributed by atoms with van der Waals surface area (Å²) >= 11 is 0. The highest BCUT2D eigenvalue weighted by Gasteiger charge is 2.36. The van der Waals surface area contributed by atoms with Crippen LogP contribution >= 0.6 is 0 Å². The maximum Gasteiger partial charge on any atom is 0.145 e. The molecule has 10 rings (SSSR count). The Morgan fingerprint density at radius 2 is 1.06 bits per heavy atom. The van der Waals surface area contributed by atoms with Crippen molar-refractivity contribution in [1.82, 2.24) is 0 Å². The molecule has 0 atom stereocenters. The highest BCUT2D eigenvalue weighted by atomic mass is 16.3. The average Bonchev–Trinajstić information content (AvgIpc) is 3.67. The van der Waals surface area contributed by atoms with Crippen LogP contribution in [0.1, 0.15) is 25.0 Å². The Morgan fingerprint density at radius 3 is 1.86 bits per heavy atom. The predicted octanol–water partition coefficient (Wildman–Crippen LogP) is 13.8. The van der Waals surface area contributed by atoms with Gasteiger partial charge in [0.1, 0.15) is 11.2 Å². The van der Waals surface area contributed by atoms with Gasteiger partial charge in [-0.1, -0.05) is 147 Å². The van der Waals surface area contributed by atoms with Gasteiger partial charge in [-0.15, -0.1) is 0 Å². The normalized spacial score (nSPS) is 13.1. The molecular weight excluding hydrogens is 619 g/mol. The summed E-state index contributed by atoms with van der Waals surface area (Å²) < 4.78 is 6.82. The van der Waals surface area contributed by atoms with Crippen molar-refractivity contribution >= 4 is 49.8 Å². The van der Waals surface area contributed by atoms with Crippen LogP contribution in [0.4, 0.5) is 17.1 Å². The Kier molecular flexibility index (Phi) is 6.56. The molecule has 51 heavy (non-hydrogen) atoms. The molecule has 242 valence electrons. The third kappa shape index (κ3) is 4.57. The fraction of sp³-hybridized carbons (Fsp3) is 0.0612. The summed E-state index contributed by atoms with van der Waals surface area (Å²) in [5.74, 6) is 0. The van der Waals surface area contributed by atoms with Gasteiger partial charge in [-0.25, -0.2) is 0 Å². The summed E-state index contributed by atoms with van der Waals surface area (Å²) in [6.07, 6.45) is 0. The van der Waals surface area contributed by atoms with Crippen molar-refractivity contribution in [3.63, 3.8) is 0 Å². The highest BCUT2D eigenvalue weighted by molar-refractivity contribution is 6.23. The fourth-order valence-electron chi connectivity index (χ4n) is 8.35. The monoisotopic (exact) mass is 653 g/mol. The first kappa shape index (κ1) is 29.5. The summed E-state index contributed by atoms with van der Waals surface area (Å²) in [4.78, 5) is 2.43. The molecule has 0 spiro atoms. The van der Waals surface area contributed by atoms with Crippen molar-refractivity contribution in [2.45, 2.75) is 19.3 Å². The lowest BCUT2D eigenvalue weighted by molar-refractivity contribution is 0.660. The number of benzene rings is 8. The minimum Gasteiger partial charge on any atom is -0.455 e. The maximum absolute atomic E-state index is 6.82. The molecule has 9 aromatic rings. The first-order valence-corrected chi connectivity index (χ1v) is 17.7. The molecule has 0 saturated heterocycles. The molecule has 1 aromatic heterocycles. The van der Waals surface area contributed by atoms with E-state index in [2.05, 4.69) is 195 Å². The van der Waals surface area contributed by atoms with Gasteiger partial charge in [-0.3, -0.25) is 0 Å². The first-order valence-electron chi connectivity index (χ1n) is 17.7. The second-order valence-corrected chi connectivity index (χ2v) is 14.1. The van der Waals surface area contributed by atoms with E-state index in [0.717, 1.165) is 49.8 Å². The van der Waals surface area contributed by atoms with E-state index in [1.165, 1.54) is 44.5 Å². The van der Waals surface area contributed by atoms with E-state index in [1.54, 1.807) is 0 Å². The first-order chi connectivity index (χ1) is 25.1. The maximum atomic E-state index is 6.82. The molecule has 0 radical (unpaired) electrons. The number of furan rings is 1. The van der Waals surface area contributed by atoms with Gasteiger partial charge in [-0.05, 0) is 92.4 Å². The summed E-state index contributed by atoms with van der Waals surface area (Å²) in [5.41, 5.74) is 15.1. The molecule has 0 bridgehead atoms. The topological polar surface area (TPSA) is 16.4 Å². The van der Waals surface area contributed by atoms with Gasteiger partial charge in [-0.2, -0.15) is 0 Å². The molecule has 2 heteroatoms. The predicted molar refractivity (Wildman–Crippen MR) is 214 cm³/mol. The second-order valence-electron chi connectivity index (χ2n) is 14.1. The van der Waals surface area contributed by atoms with Gasteiger partial charge < -0.3 is 9.32 Å². The summed E-state index contributed by atoms with van der Waals surface area (Å²) in [7, 11) is 0. The molecular formula is C49H35NO. The zero-order valence-corrected chi connectivity index (χ0v) is 28.6. The zero-order valence-electron chi connectivity index (χ0n) is 28.6. The molecule has 0 aliphatic heterocycles. The Balaban J connectivity index is 1.27. The lowest BCUT2D eigenvalue weighted by Gasteiger charge is -2.29. The Hall–Kier alpha value is -6.38. The SMILES string of the molecule is CC1(C)c2ccccc2-c2ccc(N(c3ccc(-c4ccccc4)cc3)c3cccc4c(-c5ccccc5)cc5c6ccccc6oc5c34)cc21. The number of anilines is 3. The number of nitrogens with zero attached hydrogens (tertiary/aromatic N) is 1. The van der Waals surface area contributed by atoms with Crippen LogP contribution < -0.4 is 4.90 Å². The van der Waals surface area contributed by atoms with Crippen molar-refractivity contribution in [1.29, 1.82) is 0 Å². The molecule has 0 saturated carbocycles. The summed E-state index contributed by atoms with van der Waals surface area (Å²) in [6, 6.07) is 63.6. The molecule has 0 unspecified atom stereocenters. The molecule has 2 nitrogen and oxygen atoms in total. The largest absolute Gasteiger partial charge is 0.455 e. The standard InChI is InChI=1S/C49H35NO/c1-49(2)43-21-11-9-18-37(43)38-29-28-36(30-44(38)49)50(35-26-24-33(25-27-35)32-14-5-3-6-15-32)45-22-13-20-40-41(34-16-7-4-8-17-34)31-42-39-19-10-12-23-46(39)51-48(42)47(40)45/h3-31H,1-2H3. The van der Waals surface area contributed by atoms with Gasteiger partial charge in [0.05, 0.1) is 5.69 Å². The van der Waals surface area contributed by atoms with E-state index in [-0.39, 0.29) is 5.41 Å². The highest BCUT2D eigenvalue weighted by Crippen LogP contribution is 2.52. The Bertz CT molecular complexity index is 2760. The number of fused-ring (bicyclic) bond motifs is 8. The van der Waals surface area contributed by atoms with Crippen LogP contribution in [0.25, 0.3) is 66.1 Å². The molecule has 1 aliphatic carbocycles. The van der Waals surface area contributed by atoms with Crippen LogP contribution in [0.15, 0.2) is 180 Å². The van der Waals surface area contributed by atoms with E-state index >= 15 is 0 Å². The second kappa shape index (κ2) is 11.3. The Morgan fingerprint density at radius 1 is 0.431 bits per heavy atom. The minimum atomic E-state index is -0.129. The molecule has 0 amide bonds. The van der Waals surface area contributed by atoms with Crippen LogP contribution in [-0.2, 0) is 5.41 Å². The average molecular weight is 654 g/mol. The molecule has 0 fully saturated rings. The lowest BCUT2D eigenvalue weighted by Crippen LogP contribution is -2.16. The van der Waals surface area contributed by atoms with E-state index < -0.39 is 0 Å². The third-order valence-corrected chi connectivity index (χ3v) is 10.9. The zero-order chi connectivity index (χ0) is 34.1. The number of para-hydroxylation sites is 1. The lowest BCUT2D eigenvalue weighted by atomic mass is 9.82. The van der Waals surface area contributed by atoms with Crippen LogP contribution in [0, 0.1) is 0 Å². The summed E-state index contributed by atoms with van der Waals surface area (Å²) in [6.45, 7) is 4.70. The fourth-order valence-corrected chi connectivity index (χ4v) is 8.35. The third-order valence-electron chi connectivity index (χ3n) is 10.9. The molecule has 1 heterocycles. The number of hydrogen-bond acceptors (Lipinski definition) is 2.